The fraction of sp³-hybridized carbons (Fsp3) is 0.278. The Morgan fingerprint density at radius 2 is 1.73 bits per heavy atom. The number of hydrogen-bond donors (Lipinski definition) is 2. The van der Waals surface area contributed by atoms with Crippen LogP contribution < -0.4 is 20.1 Å². The van der Waals surface area contributed by atoms with E-state index in [0.29, 0.717) is 31.2 Å². The van der Waals surface area contributed by atoms with Crippen molar-refractivity contribution in [3.8, 4) is 11.5 Å². The average molecular weight is 477 g/mol. The van der Waals surface area contributed by atoms with Gasteiger partial charge in [0.25, 0.3) is 0 Å². The number of guanidine groups is 1. The summed E-state index contributed by atoms with van der Waals surface area (Å²) < 4.78 is 34.9. The Morgan fingerprint density at radius 3 is 2.42 bits per heavy atom. The number of hydrogen-bond acceptors (Lipinski definition) is 3. The molecular weight excluding hydrogens is 455 g/mol. The molecule has 0 bridgehead atoms. The summed E-state index contributed by atoms with van der Waals surface area (Å²) >= 11 is 0. The topological polar surface area (TPSA) is 54.9 Å². The van der Waals surface area contributed by atoms with Crippen LogP contribution in [0, 0.1) is 0 Å². The third kappa shape index (κ3) is 7.85. The second-order valence-corrected chi connectivity index (χ2v) is 5.00. The lowest BCUT2D eigenvalue weighted by Gasteiger charge is -2.14. The van der Waals surface area contributed by atoms with E-state index in [4.69, 9.17) is 4.74 Å². The molecule has 0 heterocycles. The van der Waals surface area contributed by atoms with Crippen molar-refractivity contribution in [2.24, 2.45) is 4.99 Å². The fourth-order valence-electron chi connectivity index (χ4n) is 2.12. The van der Waals surface area contributed by atoms with Gasteiger partial charge in [-0.25, -0.2) is 0 Å². The number of para-hydroxylation sites is 2. The predicted octanol–water partition coefficient (Wildman–Crippen LogP) is 3.65. The molecule has 0 unspecified atom stereocenters. The van der Waals surface area contributed by atoms with E-state index in [2.05, 4.69) is 20.4 Å². The number of rotatable bonds is 8. The number of nitrogens with zero attached hydrogens (tertiary/aromatic N) is 1. The zero-order chi connectivity index (χ0) is 17.9. The highest BCUT2D eigenvalue weighted by Crippen LogP contribution is 2.19. The smallest absolute Gasteiger partial charge is 0.387 e. The van der Waals surface area contributed by atoms with Crippen LogP contribution >= 0.6 is 24.0 Å². The molecule has 0 radical (unpaired) electrons. The standard InChI is InChI=1S/C18H21F2N3O2.HI/c1-21-18(22-11-12-24-15-8-3-2-4-9-15)23-13-14-7-5-6-10-16(14)25-17(19)20;/h2-10,17H,11-13H2,1H3,(H2,21,22,23);1H. The van der Waals surface area contributed by atoms with Crippen molar-refractivity contribution in [1.82, 2.24) is 10.6 Å². The van der Waals surface area contributed by atoms with Crippen molar-refractivity contribution in [3.63, 3.8) is 0 Å². The maximum Gasteiger partial charge on any atom is 0.387 e. The van der Waals surface area contributed by atoms with Gasteiger partial charge in [0.15, 0.2) is 5.96 Å². The average Bonchev–Trinajstić information content (AvgIpc) is 2.62. The summed E-state index contributed by atoms with van der Waals surface area (Å²) in [6.07, 6.45) is 0. The highest BCUT2D eigenvalue weighted by molar-refractivity contribution is 14.0. The minimum atomic E-state index is -2.85. The molecule has 0 spiro atoms. The van der Waals surface area contributed by atoms with Crippen molar-refractivity contribution in [1.29, 1.82) is 0 Å². The van der Waals surface area contributed by atoms with Gasteiger partial charge in [-0.1, -0.05) is 36.4 Å². The van der Waals surface area contributed by atoms with Crippen LogP contribution in [0.2, 0.25) is 0 Å². The summed E-state index contributed by atoms with van der Waals surface area (Å²) in [5.41, 5.74) is 0.617. The molecule has 0 aliphatic heterocycles. The van der Waals surface area contributed by atoms with Crippen LogP contribution in [0.1, 0.15) is 5.56 Å². The molecule has 0 saturated heterocycles. The van der Waals surface area contributed by atoms with Crippen LogP contribution in [0.4, 0.5) is 8.78 Å². The zero-order valence-electron chi connectivity index (χ0n) is 14.3. The molecule has 26 heavy (non-hydrogen) atoms. The summed E-state index contributed by atoms with van der Waals surface area (Å²) in [7, 11) is 1.63. The summed E-state index contributed by atoms with van der Waals surface area (Å²) in [5, 5.41) is 6.15. The van der Waals surface area contributed by atoms with Crippen LogP contribution in [-0.2, 0) is 6.54 Å². The minimum Gasteiger partial charge on any atom is -0.492 e. The molecule has 0 aromatic heterocycles. The molecule has 5 nitrogen and oxygen atoms in total. The van der Waals surface area contributed by atoms with Crippen molar-refractivity contribution in [2.75, 3.05) is 20.2 Å². The predicted molar refractivity (Wildman–Crippen MR) is 109 cm³/mol. The molecule has 0 fully saturated rings. The quantitative estimate of drug-likeness (QED) is 0.264. The molecule has 8 heteroatoms. The fourth-order valence-corrected chi connectivity index (χ4v) is 2.12. The number of aliphatic imine (C=N–C) groups is 1. The third-order valence-electron chi connectivity index (χ3n) is 3.26. The SMILES string of the molecule is CN=C(NCCOc1ccccc1)NCc1ccccc1OC(F)F.I. The van der Waals surface area contributed by atoms with E-state index in [9.17, 15) is 8.78 Å². The Morgan fingerprint density at radius 1 is 1.04 bits per heavy atom. The van der Waals surface area contributed by atoms with Gasteiger partial charge in [0.05, 0.1) is 6.54 Å². The Bertz CT molecular complexity index is 672. The highest BCUT2D eigenvalue weighted by Gasteiger charge is 2.09. The van der Waals surface area contributed by atoms with Gasteiger partial charge in [-0.2, -0.15) is 8.78 Å². The second-order valence-electron chi connectivity index (χ2n) is 5.00. The Labute approximate surface area is 168 Å². The lowest BCUT2D eigenvalue weighted by atomic mass is 10.2. The molecule has 2 aromatic rings. The molecule has 0 aliphatic carbocycles. The van der Waals surface area contributed by atoms with Crippen LogP contribution in [-0.4, -0.2) is 32.8 Å². The van der Waals surface area contributed by atoms with Crippen molar-refractivity contribution in [3.05, 3.63) is 60.2 Å². The molecule has 0 saturated carbocycles. The summed E-state index contributed by atoms with van der Waals surface area (Å²) in [5.74, 6) is 1.49. The van der Waals surface area contributed by atoms with Gasteiger partial charge < -0.3 is 20.1 Å². The summed E-state index contributed by atoms with van der Waals surface area (Å²) in [6.45, 7) is -1.53. The van der Waals surface area contributed by atoms with E-state index >= 15 is 0 Å². The van der Waals surface area contributed by atoms with Crippen molar-refractivity contribution in [2.45, 2.75) is 13.2 Å². The maximum absolute atomic E-state index is 12.4. The molecule has 0 aliphatic rings. The Hall–Kier alpha value is -2.10. The summed E-state index contributed by atoms with van der Waals surface area (Å²) in [4.78, 5) is 4.09. The monoisotopic (exact) mass is 477 g/mol. The number of halogens is 3. The third-order valence-corrected chi connectivity index (χ3v) is 3.26. The minimum absolute atomic E-state index is 0. The van der Waals surface area contributed by atoms with Crippen LogP contribution in [0.15, 0.2) is 59.6 Å². The van der Waals surface area contributed by atoms with Crippen LogP contribution in [0.5, 0.6) is 11.5 Å². The largest absolute Gasteiger partial charge is 0.492 e. The molecule has 2 rings (SSSR count). The van der Waals surface area contributed by atoms with Gasteiger partial charge in [0, 0.05) is 19.2 Å². The van der Waals surface area contributed by atoms with Gasteiger partial charge in [-0.3, -0.25) is 4.99 Å². The molecule has 0 amide bonds. The van der Waals surface area contributed by atoms with E-state index in [1.165, 1.54) is 6.07 Å². The highest BCUT2D eigenvalue weighted by atomic mass is 127. The zero-order valence-corrected chi connectivity index (χ0v) is 16.7. The van der Waals surface area contributed by atoms with Crippen molar-refractivity contribution >= 4 is 29.9 Å². The number of ether oxygens (including phenoxy) is 2. The van der Waals surface area contributed by atoms with E-state index < -0.39 is 6.61 Å². The van der Waals surface area contributed by atoms with Gasteiger partial charge in [0.2, 0.25) is 0 Å². The Kier molecular flexibility index (Phi) is 10.4. The van der Waals surface area contributed by atoms with Crippen LogP contribution in [0.25, 0.3) is 0 Å². The molecule has 2 aromatic carbocycles. The molecule has 2 N–H and O–H groups in total. The first-order valence-corrected chi connectivity index (χ1v) is 7.84. The first kappa shape index (κ1) is 21.9. The van der Waals surface area contributed by atoms with E-state index in [1.807, 2.05) is 30.3 Å². The summed E-state index contributed by atoms with van der Waals surface area (Å²) in [6, 6.07) is 16.1. The normalized spacial score (nSPS) is 10.8. The van der Waals surface area contributed by atoms with Gasteiger partial charge in [-0.15, -0.1) is 24.0 Å². The number of alkyl halides is 2. The number of nitrogens with one attached hydrogen (secondary N) is 2. The van der Waals surface area contributed by atoms with Gasteiger partial charge in [-0.05, 0) is 18.2 Å². The molecule has 142 valence electrons. The number of benzene rings is 2. The Balaban J connectivity index is 0.00000338. The lowest BCUT2D eigenvalue weighted by Crippen LogP contribution is -2.39. The lowest BCUT2D eigenvalue weighted by molar-refractivity contribution is -0.0504. The van der Waals surface area contributed by atoms with E-state index in [0.717, 1.165) is 5.75 Å². The van der Waals surface area contributed by atoms with E-state index in [-0.39, 0.29) is 29.7 Å². The molecule has 0 atom stereocenters. The maximum atomic E-state index is 12.4. The van der Waals surface area contributed by atoms with Gasteiger partial charge >= 0.3 is 6.61 Å². The van der Waals surface area contributed by atoms with Crippen LogP contribution in [0.3, 0.4) is 0 Å². The van der Waals surface area contributed by atoms with E-state index in [1.54, 1.807) is 25.2 Å². The van der Waals surface area contributed by atoms with Gasteiger partial charge in [0.1, 0.15) is 18.1 Å². The molecular formula is C18H22F2IN3O2. The first-order valence-electron chi connectivity index (χ1n) is 7.84. The first-order chi connectivity index (χ1) is 12.2. The second kappa shape index (κ2) is 12.3. The van der Waals surface area contributed by atoms with Crippen molar-refractivity contribution < 1.29 is 18.3 Å².